The van der Waals surface area contributed by atoms with Gasteiger partial charge in [-0.1, -0.05) is 25.7 Å². The summed E-state index contributed by atoms with van der Waals surface area (Å²) in [4.78, 5) is 0. The van der Waals surface area contributed by atoms with Gasteiger partial charge in [-0.25, -0.2) is 0 Å². The van der Waals surface area contributed by atoms with Gasteiger partial charge in [0.25, 0.3) is 10.1 Å². The van der Waals surface area contributed by atoms with Crippen molar-refractivity contribution < 1.29 is 44.0 Å². The normalized spacial score (nSPS) is 12.3. The van der Waals surface area contributed by atoms with Crippen molar-refractivity contribution in [3.63, 3.8) is 0 Å². The van der Waals surface area contributed by atoms with Crippen LogP contribution in [0.15, 0.2) is 0 Å². The molecule has 0 fully saturated rings. The second-order valence-corrected chi connectivity index (χ2v) is 11.1. The summed E-state index contributed by atoms with van der Waals surface area (Å²) < 4.78 is 29.0. The molecular formula is C6H17NaO3SSi. The monoisotopic (exact) mass is 220 g/mol. The third-order valence-corrected chi connectivity index (χ3v) is 3.99. The van der Waals surface area contributed by atoms with Crippen LogP contribution < -0.4 is 29.6 Å². The molecule has 0 heterocycles. The maximum absolute atomic E-state index is 10.3. The van der Waals surface area contributed by atoms with Gasteiger partial charge in [0.15, 0.2) is 0 Å². The predicted molar refractivity (Wildman–Crippen MR) is 50.3 cm³/mol. The first kappa shape index (κ1) is 15.6. The molecule has 0 saturated heterocycles. The van der Waals surface area contributed by atoms with E-state index in [1.807, 2.05) is 0 Å². The molecule has 6 heteroatoms. The molecule has 0 atom stereocenters. The summed E-state index contributed by atoms with van der Waals surface area (Å²) in [6, 6.07) is 0.951. The first-order chi connectivity index (χ1) is 4.71. The fourth-order valence-corrected chi connectivity index (χ4v) is 2.79. The molecule has 0 aliphatic heterocycles. The van der Waals surface area contributed by atoms with Gasteiger partial charge in [0.2, 0.25) is 0 Å². The average Bonchev–Trinajstić information content (AvgIpc) is 1.55. The molecule has 0 aliphatic carbocycles. The molecule has 0 aromatic heterocycles. The third kappa shape index (κ3) is 13.7. The van der Waals surface area contributed by atoms with E-state index in [0.29, 0.717) is 6.42 Å². The van der Waals surface area contributed by atoms with Crippen LogP contribution in [-0.4, -0.2) is 26.8 Å². The van der Waals surface area contributed by atoms with E-state index in [4.69, 9.17) is 4.55 Å². The first-order valence-corrected chi connectivity index (χ1v) is 8.97. The van der Waals surface area contributed by atoms with E-state index in [-0.39, 0.29) is 36.7 Å². The molecular weight excluding hydrogens is 203 g/mol. The molecule has 70 valence electrons. The Labute approximate surface area is 99.5 Å². The summed E-state index contributed by atoms with van der Waals surface area (Å²) in [5.74, 6) is -0.0860. The van der Waals surface area contributed by atoms with Crippen molar-refractivity contribution >= 4 is 18.2 Å². The summed E-state index contributed by atoms with van der Waals surface area (Å²) in [6.07, 6.45) is 0.592. The molecule has 12 heavy (non-hydrogen) atoms. The standard InChI is InChI=1S/C6H16O3SSi.Na.H/c1-11(2,3)6-4-5-10(7,8)9;;/h4-6H2,1-3H3,(H,7,8,9);;/q;+1;-1. The van der Waals surface area contributed by atoms with E-state index in [0.717, 1.165) is 6.04 Å². The van der Waals surface area contributed by atoms with Crippen LogP contribution in [-0.2, 0) is 10.1 Å². The second kappa shape index (κ2) is 5.77. The Bertz CT molecular complexity index is 212. The molecule has 0 aliphatic rings. The summed E-state index contributed by atoms with van der Waals surface area (Å²) in [5.41, 5.74) is 0. The van der Waals surface area contributed by atoms with Crippen molar-refractivity contribution in [1.82, 2.24) is 0 Å². The minimum atomic E-state index is -3.72. The molecule has 0 bridgehead atoms. The topological polar surface area (TPSA) is 54.4 Å². The van der Waals surface area contributed by atoms with Crippen LogP contribution in [0.1, 0.15) is 7.85 Å². The van der Waals surface area contributed by atoms with Gasteiger partial charge in [-0.05, 0) is 6.42 Å². The summed E-state index contributed by atoms with van der Waals surface area (Å²) in [6.45, 7) is 6.53. The number of rotatable bonds is 4. The molecule has 0 saturated carbocycles. The van der Waals surface area contributed by atoms with Crippen molar-refractivity contribution in [1.29, 1.82) is 0 Å². The SMILES string of the molecule is C[Si](C)(C)CCCS(=O)(=O)O.[H-].[Na+]. The maximum atomic E-state index is 10.3. The van der Waals surface area contributed by atoms with Gasteiger partial charge >= 0.3 is 29.6 Å². The van der Waals surface area contributed by atoms with Crippen LogP contribution in [0.5, 0.6) is 0 Å². The zero-order valence-corrected chi connectivity index (χ0v) is 12.1. The van der Waals surface area contributed by atoms with Gasteiger partial charge in [0, 0.05) is 8.07 Å². The maximum Gasteiger partial charge on any atom is 1.00 e. The molecule has 0 aromatic rings. The number of hydrogen-bond donors (Lipinski definition) is 1. The molecule has 0 radical (unpaired) electrons. The van der Waals surface area contributed by atoms with E-state index in [9.17, 15) is 8.42 Å². The largest absolute Gasteiger partial charge is 1.00 e. The van der Waals surface area contributed by atoms with Crippen molar-refractivity contribution in [2.24, 2.45) is 0 Å². The smallest absolute Gasteiger partial charge is 1.00 e. The van der Waals surface area contributed by atoms with E-state index in [1.165, 1.54) is 0 Å². The van der Waals surface area contributed by atoms with Crippen molar-refractivity contribution in [3.8, 4) is 0 Å². The minimum Gasteiger partial charge on any atom is -1.00 e. The second-order valence-electron chi connectivity index (χ2n) is 3.95. The minimum absolute atomic E-state index is 0. The molecule has 1 N–H and O–H groups in total. The summed E-state index contributed by atoms with van der Waals surface area (Å²) in [5, 5.41) is 0. The molecule has 0 aromatic carbocycles. The third-order valence-electron chi connectivity index (χ3n) is 1.33. The van der Waals surface area contributed by atoms with Crippen LogP contribution in [0.2, 0.25) is 25.7 Å². The van der Waals surface area contributed by atoms with Crippen molar-refractivity contribution in [3.05, 3.63) is 0 Å². The van der Waals surface area contributed by atoms with E-state index >= 15 is 0 Å². The molecule has 0 unspecified atom stereocenters. The summed E-state index contributed by atoms with van der Waals surface area (Å²) in [7, 11) is -4.86. The van der Waals surface area contributed by atoms with Crippen LogP contribution in [0, 0.1) is 0 Å². The Morgan fingerprint density at radius 2 is 1.75 bits per heavy atom. The van der Waals surface area contributed by atoms with Crippen LogP contribution in [0.25, 0.3) is 0 Å². The van der Waals surface area contributed by atoms with E-state index < -0.39 is 18.2 Å². The van der Waals surface area contributed by atoms with Crippen molar-refractivity contribution in [2.45, 2.75) is 32.1 Å². The zero-order valence-electron chi connectivity index (χ0n) is 9.29. The Hall–Kier alpha value is 1.13. The summed E-state index contributed by atoms with van der Waals surface area (Å²) >= 11 is 0. The Kier molecular flexibility index (Phi) is 7.50. The Morgan fingerprint density at radius 3 is 2.00 bits per heavy atom. The molecule has 0 spiro atoms. The quantitative estimate of drug-likeness (QED) is 0.474. The van der Waals surface area contributed by atoms with Gasteiger partial charge in [0.1, 0.15) is 0 Å². The first-order valence-electron chi connectivity index (χ1n) is 3.66. The van der Waals surface area contributed by atoms with Gasteiger partial charge in [-0.3, -0.25) is 4.55 Å². The van der Waals surface area contributed by atoms with Crippen LogP contribution >= 0.6 is 0 Å². The molecule has 0 amide bonds. The predicted octanol–water partition coefficient (Wildman–Crippen LogP) is -1.28. The van der Waals surface area contributed by atoms with Gasteiger partial charge in [0.05, 0.1) is 5.75 Å². The fraction of sp³-hybridized carbons (Fsp3) is 1.00. The molecule has 0 rings (SSSR count). The van der Waals surface area contributed by atoms with Crippen LogP contribution in [0.3, 0.4) is 0 Å². The number of hydrogen-bond acceptors (Lipinski definition) is 2. The fourth-order valence-electron chi connectivity index (χ4n) is 0.785. The van der Waals surface area contributed by atoms with E-state index in [1.54, 1.807) is 0 Å². The molecule has 3 nitrogen and oxygen atoms in total. The van der Waals surface area contributed by atoms with Gasteiger partial charge in [-0.15, -0.1) is 0 Å². The van der Waals surface area contributed by atoms with Crippen molar-refractivity contribution in [2.75, 3.05) is 5.75 Å². The Balaban J connectivity index is -0.000000500. The van der Waals surface area contributed by atoms with Gasteiger partial charge < -0.3 is 1.43 Å². The average molecular weight is 220 g/mol. The van der Waals surface area contributed by atoms with Gasteiger partial charge in [-0.2, -0.15) is 8.42 Å². The van der Waals surface area contributed by atoms with E-state index in [2.05, 4.69) is 19.6 Å². The zero-order chi connectivity index (χ0) is 9.12. The Morgan fingerprint density at radius 1 is 1.33 bits per heavy atom. The van der Waals surface area contributed by atoms with Crippen LogP contribution in [0.4, 0.5) is 0 Å².